The van der Waals surface area contributed by atoms with Gasteiger partial charge in [0.25, 0.3) is 0 Å². The molecule has 0 fully saturated rings. The van der Waals surface area contributed by atoms with Crippen molar-refractivity contribution in [3.05, 3.63) is 23.6 Å². The summed E-state index contributed by atoms with van der Waals surface area (Å²) < 4.78 is 17.9. The Morgan fingerprint density at radius 1 is 1.56 bits per heavy atom. The van der Waals surface area contributed by atoms with Gasteiger partial charge in [-0.25, -0.2) is 9.37 Å². The van der Waals surface area contributed by atoms with E-state index in [1.807, 2.05) is 11.8 Å². The highest BCUT2D eigenvalue weighted by Gasteiger charge is 2.11. The fourth-order valence-corrected chi connectivity index (χ4v) is 1.49. The van der Waals surface area contributed by atoms with E-state index < -0.39 is 5.82 Å². The van der Waals surface area contributed by atoms with Gasteiger partial charge in [-0.15, -0.1) is 0 Å². The Bertz CT molecular complexity index is 334. The first-order valence-electron chi connectivity index (χ1n) is 5.22. The number of hydrogen-bond donors (Lipinski definition) is 1. The van der Waals surface area contributed by atoms with Gasteiger partial charge in [0.15, 0.2) is 0 Å². The Balaban J connectivity index is 2.90. The summed E-state index contributed by atoms with van der Waals surface area (Å²) in [5.74, 6) is 0.180. The minimum absolute atomic E-state index is 0.219. The first kappa shape index (κ1) is 12.9. The average Bonchev–Trinajstić information content (AvgIpc) is 2.31. The van der Waals surface area contributed by atoms with Crippen LogP contribution >= 0.6 is 0 Å². The lowest BCUT2D eigenvalue weighted by Gasteiger charge is -2.23. The van der Waals surface area contributed by atoms with Gasteiger partial charge >= 0.3 is 0 Å². The SMILES string of the molecule is CCN(CCOC)c1ncc(F)cc1CO. The Morgan fingerprint density at radius 3 is 2.88 bits per heavy atom. The number of rotatable bonds is 6. The number of likely N-dealkylation sites (N-methyl/N-ethyl adjacent to an activating group) is 1. The van der Waals surface area contributed by atoms with Crippen molar-refractivity contribution >= 4 is 5.82 Å². The zero-order chi connectivity index (χ0) is 12.0. The first-order valence-corrected chi connectivity index (χ1v) is 5.22. The van der Waals surface area contributed by atoms with E-state index in [9.17, 15) is 4.39 Å². The molecule has 0 spiro atoms. The van der Waals surface area contributed by atoms with Crippen molar-refractivity contribution in [1.82, 2.24) is 4.98 Å². The number of methoxy groups -OCH3 is 1. The number of aromatic nitrogens is 1. The molecule has 0 bridgehead atoms. The molecule has 4 nitrogen and oxygen atoms in total. The van der Waals surface area contributed by atoms with Crippen LogP contribution in [0.2, 0.25) is 0 Å². The lowest BCUT2D eigenvalue weighted by atomic mass is 10.2. The van der Waals surface area contributed by atoms with E-state index in [-0.39, 0.29) is 6.61 Å². The normalized spacial score (nSPS) is 10.5. The van der Waals surface area contributed by atoms with Crippen molar-refractivity contribution in [1.29, 1.82) is 0 Å². The molecule has 5 heteroatoms. The summed E-state index contributed by atoms with van der Waals surface area (Å²) >= 11 is 0. The van der Waals surface area contributed by atoms with E-state index in [2.05, 4.69) is 4.98 Å². The number of hydrogen-bond acceptors (Lipinski definition) is 4. The smallest absolute Gasteiger partial charge is 0.142 e. The summed E-state index contributed by atoms with van der Waals surface area (Å²) in [5, 5.41) is 9.15. The molecule has 0 saturated carbocycles. The van der Waals surface area contributed by atoms with Crippen LogP contribution in [0.15, 0.2) is 12.3 Å². The van der Waals surface area contributed by atoms with Crippen LogP contribution < -0.4 is 4.90 Å². The molecule has 1 heterocycles. The monoisotopic (exact) mass is 228 g/mol. The molecule has 0 atom stereocenters. The van der Waals surface area contributed by atoms with Crippen molar-refractivity contribution < 1.29 is 14.2 Å². The van der Waals surface area contributed by atoms with Crippen LogP contribution in [-0.2, 0) is 11.3 Å². The third kappa shape index (κ3) is 3.15. The van der Waals surface area contributed by atoms with Crippen LogP contribution in [-0.4, -0.2) is 36.9 Å². The number of anilines is 1. The van der Waals surface area contributed by atoms with Gasteiger partial charge in [-0.3, -0.25) is 0 Å². The van der Waals surface area contributed by atoms with Crippen LogP contribution in [0.25, 0.3) is 0 Å². The molecular weight excluding hydrogens is 211 g/mol. The van der Waals surface area contributed by atoms with Gasteiger partial charge in [0.1, 0.15) is 11.6 Å². The molecule has 90 valence electrons. The minimum atomic E-state index is -0.435. The molecule has 0 radical (unpaired) electrons. The zero-order valence-electron chi connectivity index (χ0n) is 9.61. The van der Waals surface area contributed by atoms with Gasteiger partial charge in [-0.1, -0.05) is 0 Å². The summed E-state index contributed by atoms with van der Waals surface area (Å²) in [6.07, 6.45) is 1.16. The molecule has 0 aromatic carbocycles. The maximum Gasteiger partial charge on any atom is 0.142 e. The summed E-state index contributed by atoms with van der Waals surface area (Å²) in [4.78, 5) is 5.95. The number of aliphatic hydroxyl groups excluding tert-OH is 1. The van der Waals surface area contributed by atoms with Crippen molar-refractivity contribution in [2.24, 2.45) is 0 Å². The number of nitrogens with zero attached hydrogens (tertiary/aromatic N) is 2. The highest BCUT2D eigenvalue weighted by Crippen LogP contribution is 2.18. The lowest BCUT2D eigenvalue weighted by molar-refractivity contribution is 0.205. The Labute approximate surface area is 94.7 Å². The molecule has 16 heavy (non-hydrogen) atoms. The topological polar surface area (TPSA) is 45.6 Å². The van der Waals surface area contributed by atoms with Crippen LogP contribution in [0, 0.1) is 5.82 Å². The second kappa shape index (κ2) is 6.40. The third-order valence-corrected chi connectivity index (χ3v) is 2.33. The fraction of sp³-hybridized carbons (Fsp3) is 0.545. The van der Waals surface area contributed by atoms with Gasteiger partial charge in [-0.2, -0.15) is 0 Å². The van der Waals surface area contributed by atoms with E-state index in [0.717, 1.165) is 12.7 Å². The van der Waals surface area contributed by atoms with E-state index in [1.165, 1.54) is 6.07 Å². The van der Waals surface area contributed by atoms with Crippen molar-refractivity contribution in [2.75, 3.05) is 31.7 Å². The molecule has 0 aliphatic rings. The second-order valence-corrected chi connectivity index (χ2v) is 3.37. The predicted molar refractivity (Wildman–Crippen MR) is 59.9 cm³/mol. The molecule has 1 aromatic rings. The highest BCUT2D eigenvalue weighted by molar-refractivity contribution is 5.46. The van der Waals surface area contributed by atoms with Crippen LogP contribution in [0.5, 0.6) is 0 Å². The van der Waals surface area contributed by atoms with Gasteiger partial charge in [0.05, 0.1) is 19.4 Å². The number of halogens is 1. The van der Waals surface area contributed by atoms with Crippen molar-refractivity contribution in [3.8, 4) is 0 Å². The van der Waals surface area contributed by atoms with E-state index >= 15 is 0 Å². The van der Waals surface area contributed by atoms with Crippen molar-refractivity contribution in [2.45, 2.75) is 13.5 Å². The predicted octanol–water partition coefficient (Wildman–Crippen LogP) is 1.19. The van der Waals surface area contributed by atoms with Gasteiger partial charge in [-0.05, 0) is 13.0 Å². The molecule has 1 aromatic heterocycles. The molecule has 1 N–H and O–H groups in total. The van der Waals surface area contributed by atoms with Gasteiger partial charge < -0.3 is 14.7 Å². The lowest BCUT2D eigenvalue weighted by Crippen LogP contribution is -2.28. The molecule has 0 aliphatic heterocycles. The maximum atomic E-state index is 12.9. The molecule has 1 rings (SSSR count). The molecule has 0 aliphatic carbocycles. The number of ether oxygens (including phenoxy) is 1. The molecular formula is C11H17FN2O2. The van der Waals surface area contributed by atoms with Gasteiger partial charge in [0, 0.05) is 25.8 Å². The van der Waals surface area contributed by atoms with Gasteiger partial charge in [0.2, 0.25) is 0 Å². The standard InChI is InChI=1S/C11H17FN2O2/c1-3-14(4-5-16-2)11-9(8-15)6-10(12)7-13-11/h6-7,15H,3-5,8H2,1-2H3. The molecule has 0 unspecified atom stereocenters. The maximum absolute atomic E-state index is 12.9. The minimum Gasteiger partial charge on any atom is -0.392 e. The van der Waals surface area contributed by atoms with E-state index in [0.29, 0.717) is 24.5 Å². The third-order valence-electron chi connectivity index (χ3n) is 2.33. The summed E-state index contributed by atoms with van der Waals surface area (Å²) in [7, 11) is 1.62. The molecule has 0 saturated heterocycles. The molecule has 0 amide bonds. The van der Waals surface area contributed by atoms with Crippen molar-refractivity contribution in [3.63, 3.8) is 0 Å². The van der Waals surface area contributed by atoms with Crippen LogP contribution in [0.4, 0.5) is 10.2 Å². The van der Waals surface area contributed by atoms with E-state index in [4.69, 9.17) is 9.84 Å². The van der Waals surface area contributed by atoms with E-state index in [1.54, 1.807) is 7.11 Å². The summed E-state index contributed by atoms with van der Waals surface area (Å²) in [6.45, 7) is 3.72. The average molecular weight is 228 g/mol. The van der Waals surface area contributed by atoms with Crippen LogP contribution in [0.3, 0.4) is 0 Å². The van der Waals surface area contributed by atoms with Crippen LogP contribution in [0.1, 0.15) is 12.5 Å². The highest BCUT2D eigenvalue weighted by atomic mass is 19.1. The summed E-state index contributed by atoms with van der Waals surface area (Å²) in [5.41, 5.74) is 0.498. The summed E-state index contributed by atoms with van der Waals surface area (Å²) in [6, 6.07) is 1.30. The largest absolute Gasteiger partial charge is 0.392 e. The first-order chi connectivity index (χ1) is 7.72. The quantitative estimate of drug-likeness (QED) is 0.794. The Morgan fingerprint density at radius 2 is 2.31 bits per heavy atom. The zero-order valence-corrected chi connectivity index (χ0v) is 9.61. The number of pyridine rings is 1. The fourth-order valence-electron chi connectivity index (χ4n) is 1.49. The Hall–Kier alpha value is -1.20. The number of aliphatic hydroxyl groups is 1. The second-order valence-electron chi connectivity index (χ2n) is 3.37. The Kier molecular flexibility index (Phi) is 5.14.